The van der Waals surface area contributed by atoms with Crippen LogP contribution in [0.25, 0.3) is 0 Å². The summed E-state index contributed by atoms with van der Waals surface area (Å²) in [5.74, 6) is -2.37. The highest BCUT2D eigenvalue weighted by molar-refractivity contribution is 6.67. The minimum atomic E-state index is -1.75. The van der Waals surface area contributed by atoms with Crippen LogP contribution in [-0.4, -0.2) is 40.5 Å². The molecule has 0 aliphatic carbocycles. The summed E-state index contributed by atoms with van der Waals surface area (Å²) in [5.41, 5.74) is -0.703. The monoisotopic (exact) mass is 430 g/mol. The predicted molar refractivity (Wildman–Crippen MR) is 100 cm³/mol. The summed E-state index contributed by atoms with van der Waals surface area (Å²) in [6, 6.07) is 0. The zero-order valence-corrected chi connectivity index (χ0v) is 17.5. The third kappa shape index (κ3) is 11.6. The maximum absolute atomic E-state index is 12.0. The molecule has 0 saturated carbocycles. The summed E-state index contributed by atoms with van der Waals surface area (Å²) in [6.45, 7) is 8.19. The number of hydrogen-bond donors (Lipinski definition) is 0. The Morgan fingerprint density at radius 2 is 1.50 bits per heavy atom. The molecule has 0 aromatic carbocycles. The molecule has 0 aliphatic rings. The zero-order chi connectivity index (χ0) is 20.4. The Labute approximate surface area is 169 Å². The second kappa shape index (κ2) is 11.7. The van der Waals surface area contributed by atoms with Gasteiger partial charge in [0.25, 0.3) is 0 Å². The smallest absolute Gasteiger partial charge is 0.344 e. The molecule has 0 aliphatic heterocycles. The standard InChI is InChI=1S/C17H25Cl3O6/c1-5-7-16(4,8-6-2)26-13(21)9-12(3)15(23)24-10-14(22)25-11-17(18,19)20/h3,5-11H2,1-2,4H3. The van der Waals surface area contributed by atoms with Gasteiger partial charge in [0.1, 0.15) is 12.2 Å². The molecule has 0 atom stereocenters. The van der Waals surface area contributed by atoms with Crippen LogP contribution in [0.15, 0.2) is 12.2 Å². The zero-order valence-electron chi connectivity index (χ0n) is 15.2. The fraction of sp³-hybridized carbons (Fsp3) is 0.706. The van der Waals surface area contributed by atoms with Crippen LogP contribution in [0, 0.1) is 0 Å². The van der Waals surface area contributed by atoms with Crippen LogP contribution in [0.3, 0.4) is 0 Å². The molecular weight excluding hydrogens is 407 g/mol. The van der Waals surface area contributed by atoms with Crippen molar-refractivity contribution in [1.82, 2.24) is 0 Å². The molecule has 9 heteroatoms. The van der Waals surface area contributed by atoms with Gasteiger partial charge in [0.2, 0.25) is 3.79 Å². The molecule has 0 bridgehead atoms. The van der Waals surface area contributed by atoms with E-state index in [2.05, 4.69) is 11.3 Å². The van der Waals surface area contributed by atoms with Crippen molar-refractivity contribution >= 4 is 52.7 Å². The summed E-state index contributed by atoms with van der Waals surface area (Å²) in [4.78, 5) is 35.2. The highest BCUT2D eigenvalue weighted by atomic mass is 35.6. The van der Waals surface area contributed by atoms with Crippen molar-refractivity contribution in [2.45, 2.75) is 62.3 Å². The molecular formula is C17H25Cl3O6. The number of carbonyl (C=O) groups excluding carboxylic acids is 3. The lowest BCUT2D eigenvalue weighted by molar-refractivity contribution is -0.160. The number of ether oxygens (including phenoxy) is 3. The van der Waals surface area contributed by atoms with Gasteiger partial charge in [0.05, 0.1) is 6.42 Å². The van der Waals surface area contributed by atoms with E-state index in [1.54, 1.807) is 0 Å². The Morgan fingerprint density at radius 1 is 0.962 bits per heavy atom. The van der Waals surface area contributed by atoms with Crippen molar-refractivity contribution in [2.75, 3.05) is 13.2 Å². The van der Waals surface area contributed by atoms with Crippen molar-refractivity contribution in [3.8, 4) is 0 Å². The molecule has 0 heterocycles. The average Bonchev–Trinajstić information content (AvgIpc) is 2.49. The molecule has 0 aromatic rings. The molecule has 0 saturated heterocycles. The molecule has 0 N–H and O–H groups in total. The van der Waals surface area contributed by atoms with Gasteiger partial charge in [-0.05, 0) is 19.8 Å². The second-order valence-corrected chi connectivity index (χ2v) is 8.57. The Bertz CT molecular complexity index is 507. The lowest BCUT2D eigenvalue weighted by Gasteiger charge is -2.29. The highest BCUT2D eigenvalue weighted by Gasteiger charge is 2.28. The van der Waals surface area contributed by atoms with Crippen LogP contribution in [0.2, 0.25) is 0 Å². The van der Waals surface area contributed by atoms with Gasteiger partial charge >= 0.3 is 17.9 Å². The molecule has 0 unspecified atom stereocenters. The van der Waals surface area contributed by atoms with Gasteiger partial charge in [-0.15, -0.1) is 0 Å². The predicted octanol–water partition coefficient (Wildman–Crippen LogP) is 4.29. The summed E-state index contributed by atoms with van der Waals surface area (Å²) >= 11 is 16.3. The third-order valence-electron chi connectivity index (χ3n) is 3.28. The van der Waals surface area contributed by atoms with Gasteiger partial charge in [0.15, 0.2) is 6.61 Å². The number of carbonyl (C=O) groups is 3. The van der Waals surface area contributed by atoms with Gasteiger partial charge in [-0.25, -0.2) is 9.59 Å². The minimum Gasteiger partial charge on any atom is -0.459 e. The maximum Gasteiger partial charge on any atom is 0.344 e. The van der Waals surface area contributed by atoms with Gasteiger partial charge < -0.3 is 14.2 Å². The SMILES string of the molecule is C=C(CC(=O)OC(C)(CCC)CCC)C(=O)OCC(=O)OCC(Cl)(Cl)Cl. The average molecular weight is 432 g/mol. The summed E-state index contributed by atoms with van der Waals surface area (Å²) in [6.07, 6.45) is 2.84. The molecule has 6 nitrogen and oxygen atoms in total. The van der Waals surface area contributed by atoms with Gasteiger partial charge in [0, 0.05) is 5.57 Å². The Kier molecular flexibility index (Phi) is 11.2. The van der Waals surface area contributed by atoms with Crippen molar-refractivity contribution < 1.29 is 28.6 Å². The van der Waals surface area contributed by atoms with Crippen LogP contribution >= 0.6 is 34.8 Å². The van der Waals surface area contributed by atoms with Crippen LogP contribution < -0.4 is 0 Å². The number of esters is 3. The quantitative estimate of drug-likeness (QED) is 0.210. The van der Waals surface area contributed by atoms with E-state index in [1.165, 1.54) is 0 Å². The molecule has 0 amide bonds. The van der Waals surface area contributed by atoms with Crippen molar-refractivity contribution in [3.63, 3.8) is 0 Å². The molecule has 0 spiro atoms. The van der Waals surface area contributed by atoms with Crippen molar-refractivity contribution in [3.05, 3.63) is 12.2 Å². The van der Waals surface area contributed by atoms with E-state index < -0.39 is 40.5 Å². The minimum absolute atomic E-state index is 0.125. The van der Waals surface area contributed by atoms with Crippen molar-refractivity contribution in [2.24, 2.45) is 0 Å². The third-order valence-corrected chi connectivity index (χ3v) is 3.61. The first-order chi connectivity index (χ1) is 11.9. The van der Waals surface area contributed by atoms with Gasteiger partial charge in [-0.2, -0.15) is 0 Å². The number of hydrogen-bond acceptors (Lipinski definition) is 6. The molecule has 150 valence electrons. The number of alkyl halides is 3. The van der Waals surface area contributed by atoms with Gasteiger partial charge in [-0.3, -0.25) is 4.79 Å². The highest BCUT2D eigenvalue weighted by Crippen LogP contribution is 2.26. The normalized spacial score (nSPS) is 11.6. The Balaban J connectivity index is 4.38. The van der Waals surface area contributed by atoms with Crippen LogP contribution in [0.5, 0.6) is 0 Å². The fourth-order valence-corrected chi connectivity index (χ4v) is 2.44. The lowest BCUT2D eigenvalue weighted by atomic mass is 9.94. The summed E-state index contributed by atoms with van der Waals surface area (Å²) in [7, 11) is 0. The van der Waals surface area contributed by atoms with E-state index in [9.17, 15) is 14.4 Å². The van der Waals surface area contributed by atoms with Crippen LogP contribution in [0.4, 0.5) is 0 Å². The molecule has 0 radical (unpaired) electrons. The van der Waals surface area contributed by atoms with E-state index >= 15 is 0 Å². The van der Waals surface area contributed by atoms with E-state index in [0.717, 1.165) is 25.7 Å². The Hall–Kier alpha value is -0.980. The number of halogens is 3. The topological polar surface area (TPSA) is 78.9 Å². The molecule has 26 heavy (non-hydrogen) atoms. The number of rotatable bonds is 11. The van der Waals surface area contributed by atoms with E-state index in [1.807, 2.05) is 20.8 Å². The van der Waals surface area contributed by atoms with E-state index in [-0.39, 0.29) is 12.0 Å². The van der Waals surface area contributed by atoms with Crippen LogP contribution in [0.1, 0.15) is 52.9 Å². The molecule has 0 fully saturated rings. The first kappa shape index (κ1) is 25.0. The maximum atomic E-state index is 12.0. The lowest BCUT2D eigenvalue weighted by Crippen LogP contribution is -2.32. The summed E-state index contributed by atoms with van der Waals surface area (Å²) < 4.78 is 13.1. The second-order valence-electron chi connectivity index (χ2n) is 6.06. The van der Waals surface area contributed by atoms with Gasteiger partial charge in [-0.1, -0.05) is 68.1 Å². The fourth-order valence-electron chi connectivity index (χ4n) is 2.27. The molecule has 0 aromatic heterocycles. The van der Waals surface area contributed by atoms with E-state index in [4.69, 9.17) is 44.3 Å². The first-order valence-corrected chi connectivity index (χ1v) is 9.35. The van der Waals surface area contributed by atoms with Crippen molar-refractivity contribution in [1.29, 1.82) is 0 Å². The van der Waals surface area contributed by atoms with E-state index in [0.29, 0.717) is 0 Å². The largest absolute Gasteiger partial charge is 0.459 e. The first-order valence-electron chi connectivity index (χ1n) is 8.21. The summed E-state index contributed by atoms with van der Waals surface area (Å²) in [5, 5.41) is 0. The van der Waals surface area contributed by atoms with Crippen LogP contribution in [-0.2, 0) is 28.6 Å². The Morgan fingerprint density at radius 3 is 1.96 bits per heavy atom. The molecule has 0 rings (SSSR count).